The summed E-state index contributed by atoms with van der Waals surface area (Å²) in [5.74, 6) is 7.60. The average molecular weight is 268 g/mol. The van der Waals surface area contributed by atoms with E-state index in [9.17, 15) is 0 Å². The molecule has 0 saturated heterocycles. The second-order valence-corrected chi connectivity index (χ2v) is 4.62. The molecule has 1 aromatic carbocycles. The average Bonchev–Trinajstić information content (AvgIpc) is 2.44. The third kappa shape index (κ3) is 4.38. The third-order valence-electron chi connectivity index (χ3n) is 3.11. The first-order valence-corrected chi connectivity index (χ1v) is 6.33. The smallest absolute Gasteiger partial charge is 0.127 e. The first kappa shape index (κ1) is 15.8. The molecule has 3 N–H and O–H groups in total. The highest BCUT2D eigenvalue weighted by atomic mass is 16.5. The quantitative estimate of drug-likeness (QED) is 0.556. The Morgan fingerprint density at radius 3 is 2.47 bits per heavy atom. The Morgan fingerprint density at radius 1 is 1.21 bits per heavy atom. The van der Waals surface area contributed by atoms with E-state index in [2.05, 4.69) is 12.3 Å². The van der Waals surface area contributed by atoms with Gasteiger partial charge in [-0.05, 0) is 18.4 Å². The Bertz CT molecular complexity index is 385. The molecular weight excluding hydrogens is 244 g/mol. The molecule has 0 spiro atoms. The summed E-state index contributed by atoms with van der Waals surface area (Å²) in [6.45, 7) is 2.83. The molecule has 0 aliphatic heterocycles. The van der Waals surface area contributed by atoms with Gasteiger partial charge in [-0.25, -0.2) is 0 Å². The van der Waals surface area contributed by atoms with E-state index < -0.39 is 0 Å². The summed E-state index contributed by atoms with van der Waals surface area (Å²) in [5, 5.41) is 0. The molecule has 5 nitrogen and oxygen atoms in total. The maximum atomic E-state index is 5.67. The minimum absolute atomic E-state index is 0.0195. The van der Waals surface area contributed by atoms with Crippen LogP contribution in [0.3, 0.4) is 0 Å². The largest absolute Gasteiger partial charge is 0.497 e. The van der Waals surface area contributed by atoms with Gasteiger partial charge in [0, 0.05) is 31.4 Å². The fourth-order valence-electron chi connectivity index (χ4n) is 2.15. The molecular formula is C14H24N2O3. The normalized spacial score (nSPS) is 13.9. The molecule has 2 unspecified atom stereocenters. The predicted octanol–water partition coefficient (Wildman–Crippen LogP) is 1.88. The van der Waals surface area contributed by atoms with Gasteiger partial charge < -0.3 is 14.2 Å². The first-order chi connectivity index (χ1) is 9.15. The second-order valence-electron chi connectivity index (χ2n) is 4.62. The highest BCUT2D eigenvalue weighted by Gasteiger charge is 2.18. The van der Waals surface area contributed by atoms with Gasteiger partial charge in [-0.3, -0.25) is 11.3 Å². The summed E-state index contributed by atoms with van der Waals surface area (Å²) in [5.41, 5.74) is 3.87. The van der Waals surface area contributed by atoms with Crippen LogP contribution in [0.25, 0.3) is 0 Å². The van der Waals surface area contributed by atoms with Gasteiger partial charge in [0.05, 0.1) is 14.2 Å². The molecule has 0 radical (unpaired) electrons. The van der Waals surface area contributed by atoms with Gasteiger partial charge in [0.15, 0.2) is 0 Å². The Labute approximate surface area is 115 Å². The summed E-state index contributed by atoms with van der Waals surface area (Å²) in [6, 6.07) is 5.76. The number of methoxy groups -OCH3 is 3. The van der Waals surface area contributed by atoms with E-state index in [0.717, 1.165) is 23.5 Å². The van der Waals surface area contributed by atoms with E-state index in [1.54, 1.807) is 21.3 Å². The van der Waals surface area contributed by atoms with Crippen molar-refractivity contribution in [2.24, 2.45) is 11.8 Å². The third-order valence-corrected chi connectivity index (χ3v) is 3.11. The Kier molecular flexibility index (Phi) is 6.62. The second kappa shape index (κ2) is 7.99. The van der Waals surface area contributed by atoms with E-state index in [-0.39, 0.29) is 6.04 Å². The molecule has 0 amide bonds. The van der Waals surface area contributed by atoms with Crippen LogP contribution in [0.2, 0.25) is 0 Å². The summed E-state index contributed by atoms with van der Waals surface area (Å²) >= 11 is 0. The van der Waals surface area contributed by atoms with Gasteiger partial charge >= 0.3 is 0 Å². The molecule has 0 heterocycles. The zero-order valence-corrected chi connectivity index (χ0v) is 12.1. The van der Waals surface area contributed by atoms with Crippen molar-refractivity contribution in [2.45, 2.75) is 19.4 Å². The van der Waals surface area contributed by atoms with Crippen LogP contribution in [0, 0.1) is 5.92 Å². The number of benzene rings is 1. The molecule has 5 heteroatoms. The van der Waals surface area contributed by atoms with Crippen molar-refractivity contribution < 1.29 is 14.2 Å². The van der Waals surface area contributed by atoms with Gasteiger partial charge in [-0.1, -0.05) is 13.0 Å². The molecule has 2 atom stereocenters. The maximum Gasteiger partial charge on any atom is 0.127 e. The van der Waals surface area contributed by atoms with E-state index in [4.69, 9.17) is 20.1 Å². The van der Waals surface area contributed by atoms with Crippen molar-refractivity contribution in [3.63, 3.8) is 0 Å². The molecule has 19 heavy (non-hydrogen) atoms. The SMILES string of the molecule is COCC(C)CC(NN)c1ccc(OC)cc1OC. The molecule has 0 aliphatic carbocycles. The molecule has 0 aliphatic rings. The van der Waals surface area contributed by atoms with Gasteiger partial charge in [0.1, 0.15) is 11.5 Å². The van der Waals surface area contributed by atoms with E-state index in [0.29, 0.717) is 12.5 Å². The number of nitrogens with two attached hydrogens (primary N) is 1. The maximum absolute atomic E-state index is 5.67. The summed E-state index contributed by atoms with van der Waals surface area (Å²) in [4.78, 5) is 0. The van der Waals surface area contributed by atoms with E-state index in [1.807, 2.05) is 18.2 Å². The lowest BCUT2D eigenvalue weighted by molar-refractivity contribution is 0.149. The summed E-state index contributed by atoms with van der Waals surface area (Å²) in [6.07, 6.45) is 0.868. The fourth-order valence-corrected chi connectivity index (χ4v) is 2.15. The van der Waals surface area contributed by atoms with Crippen molar-refractivity contribution in [2.75, 3.05) is 27.9 Å². The van der Waals surface area contributed by atoms with Crippen molar-refractivity contribution in [1.29, 1.82) is 0 Å². The van der Waals surface area contributed by atoms with Gasteiger partial charge in [-0.15, -0.1) is 0 Å². The van der Waals surface area contributed by atoms with Gasteiger partial charge in [0.2, 0.25) is 0 Å². The van der Waals surface area contributed by atoms with Crippen LogP contribution in [0.1, 0.15) is 24.9 Å². The minimum Gasteiger partial charge on any atom is -0.497 e. The fraction of sp³-hybridized carbons (Fsp3) is 0.571. The molecule has 1 rings (SSSR count). The van der Waals surface area contributed by atoms with Crippen LogP contribution in [0.4, 0.5) is 0 Å². The lowest BCUT2D eigenvalue weighted by Crippen LogP contribution is -2.30. The molecule has 0 aromatic heterocycles. The zero-order valence-electron chi connectivity index (χ0n) is 12.1. The van der Waals surface area contributed by atoms with Crippen LogP contribution in [-0.2, 0) is 4.74 Å². The topological polar surface area (TPSA) is 65.7 Å². The van der Waals surface area contributed by atoms with Gasteiger partial charge in [0.25, 0.3) is 0 Å². The van der Waals surface area contributed by atoms with Gasteiger partial charge in [-0.2, -0.15) is 0 Å². The molecule has 108 valence electrons. The standard InChI is InChI=1S/C14H24N2O3/c1-10(9-17-2)7-13(16-15)12-6-5-11(18-3)8-14(12)19-4/h5-6,8,10,13,16H,7,9,15H2,1-4H3. The number of ether oxygens (including phenoxy) is 3. The van der Waals surface area contributed by atoms with Crippen LogP contribution >= 0.6 is 0 Å². The van der Waals surface area contributed by atoms with Crippen LogP contribution < -0.4 is 20.7 Å². The number of hydrogen-bond acceptors (Lipinski definition) is 5. The highest BCUT2D eigenvalue weighted by Crippen LogP contribution is 2.32. The highest BCUT2D eigenvalue weighted by molar-refractivity contribution is 5.42. The Morgan fingerprint density at radius 2 is 1.95 bits per heavy atom. The van der Waals surface area contributed by atoms with Crippen molar-refractivity contribution in [3.8, 4) is 11.5 Å². The monoisotopic (exact) mass is 268 g/mol. The summed E-state index contributed by atoms with van der Waals surface area (Å²) in [7, 11) is 4.98. The Balaban J connectivity index is 2.90. The van der Waals surface area contributed by atoms with Crippen molar-refractivity contribution in [1.82, 2.24) is 5.43 Å². The lowest BCUT2D eigenvalue weighted by Gasteiger charge is -2.22. The van der Waals surface area contributed by atoms with Crippen LogP contribution in [-0.4, -0.2) is 27.9 Å². The number of hydrogen-bond donors (Lipinski definition) is 2. The van der Waals surface area contributed by atoms with Crippen LogP contribution in [0.5, 0.6) is 11.5 Å². The molecule has 0 saturated carbocycles. The minimum atomic E-state index is 0.0195. The number of hydrazine groups is 1. The summed E-state index contributed by atoms with van der Waals surface area (Å²) < 4.78 is 15.8. The van der Waals surface area contributed by atoms with Crippen LogP contribution in [0.15, 0.2) is 18.2 Å². The number of rotatable bonds is 8. The van der Waals surface area contributed by atoms with E-state index in [1.165, 1.54) is 0 Å². The lowest BCUT2D eigenvalue weighted by atomic mass is 9.96. The van der Waals surface area contributed by atoms with Crippen molar-refractivity contribution >= 4 is 0 Å². The zero-order chi connectivity index (χ0) is 14.3. The molecule has 0 bridgehead atoms. The van der Waals surface area contributed by atoms with E-state index >= 15 is 0 Å². The Hall–Kier alpha value is -1.30. The van der Waals surface area contributed by atoms with Crippen molar-refractivity contribution in [3.05, 3.63) is 23.8 Å². The number of nitrogens with one attached hydrogen (secondary N) is 1. The molecule has 0 fully saturated rings. The molecule has 1 aromatic rings. The predicted molar refractivity (Wildman–Crippen MR) is 75.3 cm³/mol. The first-order valence-electron chi connectivity index (χ1n) is 6.33.